The van der Waals surface area contributed by atoms with Crippen LogP contribution < -0.4 is 0 Å². The smallest absolute Gasteiger partial charge is 0.309 e. The minimum Gasteiger partial charge on any atom is -0.459 e. The van der Waals surface area contributed by atoms with Gasteiger partial charge in [-0.15, -0.1) is 0 Å². The second-order valence-corrected chi connectivity index (χ2v) is 7.81. The molecule has 1 aliphatic rings. The Kier molecular flexibility index (Phi) is 6.30. The number of carbonyl (C=O) groups is 2. The summed E-state index contributed by atoms with van der Waals surface area (Å²) in [6.07, 6.45) is 2.27. The number of oxazole rings is 1. The molecule has 166 valence electrons. The van der Waals surface area contributed by atoms with Crippen molar-refractivity contribution in [2.75, 3.05) is 13.1 Å². The van der Waals surface area contributed by atoms with Gasteiger partial charge < -0.3 is 14.1 Å². The maximum atomic E-state index is 13.9. The predicted octanol–water partition coefficient (Wildman–Crippen LogP) is 4.52. The minimum atomic E-state index is -0.894. The fraction of sp³-hybridized carbons (Fsp3) is 0.292. The van der Waals surface area contributed by atoms with E-state index in [9.17, 15) is 18.4 Å². The van der Waals surface area contributed by atoms with Gasteiger partial charge in [-0.1, -0.05) is 17.7 Å². The predicted molar refractivity (Wildman–Crippen MR) is 111 cm³/mol. The third-order valence-electron chi connectivity index (χ3n) is 5.49. The first-order chi connectivity index (χ1) is 15.4. The van der Waals surface area contributed by atoms with Crippen molar-refractivity contribution < 1.29 is 27.5 Å². The van der Waals surface area contributed by atoms with Gasteiger partial charge in [0.1, 0.15) is 30.2 Å². The Labute approximate surface area is 183 Å². The van der Waals surface area contributed by atoms with Gasteiger partial charge in [-0.3, -0.25) is 9.59 Å². The SMILES string of the molecule is Cc1ccc(-c2nc(COC(=O)C3CCN(C(=O)c4ccc(F)cc4F)CC3)co2)cc1. The molecule has 0 aliphatic carbocycles. The van der Waals surface area contributed by atoms with Gasteiger partial charge in [-0.2, -0.15) is 0 Å². The number of hydrogen-bond acceptors (Lipinski definition) is 5. The zero-order valence-electron chi connectivity index (χ0n) is 17.5. The summed E-state index contributed by atoms with van der Waals surface area (Å²) >= 11 is 0. The largest absolute Gasteiger partial charge is 0.459 e. The fourth-order valence-electron chi connectivity index (χ4n) is 3.62. The van der Waals surface area contributed by atoms with E-state index < -0.39 is 17.5 Å². The van der Waals surface area contributed by atoms with Crippen molar-refractivity contribution in [3.8, 4) is 11.5 Å². The molecule has 4 rings (SSSR count). The highest BCUT2D eigenvalue weighted by Gasteiger charge is 2.30. The van der Waals surface area contributed by atoms with Crippen molar-refractivity contribution in [2.24, 2.45) is 5.92 Å². The van der Waals surface area contributed by atoms with Gasteiger partial charge in [0.25, 0.3) is 5.91 Å². The minimum absolute atomic E-state index is 0.00582. The van der Waals surface area contributed by atoms with Crippen LogP contribution in [0.3, 0.4) is 0 Å². The van der Waals surface area contributed by atoms with E-state index in [1.54, 1.807) is 0 Å². The molecule has 6 nitrogen and oxygen atoms in total. The van der Waals surface area contributed by atoms with E-state index in [1.807, 2.05) is 31.2 Å². The van der Waals surface area contributed by atoms with Crippen molar-refractivity contribution in [3.63, 3.8) is 0 Å². The lowest BCUT2D eigenvalue weighted by Crippen LogP contribution is -2.41. The molecule has 0 unspecified atom stereocenters. The maximum absolute atomic E-state index is 13.9. The summed E-state index contributed by atoms with van der Waals surface area (Å²) in [5.74, 6) is -2.42. The van der Waals surface area contributed by atoms with E-state index in [2.05, 4.69) is 4.98 Å². The first-order valence-corrected chi connectivity index (χ1v) is 10.3. The second-order valence-electron chi connectivity index (χ2n) is 7.81. The maximum Gasteiger partial charge on any atom is 0.309 e. The number of aromatic nitrogens is 1. The van der Waals surface area contributed by atoms with E-state index >= 15 is 0 Å². The molecule has 1 aromatic heterocycles. The highest BCUT2D eigenvalue weighted by molar-refractivity contribution is 5.94. The lowest BCUT2D eigenvalue weighted by Gasteiger charge is -2.31. The summed E-state index contributed by atoms with van der Waals surface area (Å²) in [6.45, 7) is 2.56. The Morgan fingerprint density at radius 1 is 1.12 bits per heavy atom. The number of hydrogen-bond donors (Lipinski definition) is 0. The third kappa shape index (κ3) is 4.85. The molecule has 1 amide bonds. The first kappa shape index (κ1) is 21.7. The summed E-state index contributed by atoms with van der Waals surface area (Å²) in [7, 11) is 0. The Morgan fingerprint density at radius 2 is 1.84 bits per heavy atom. The monoisotopic (exact) mass is 440 g/mol. The van der Waals surface area contributed by atoms with Crippen molar-refractivity contribution in [2.45, 2.75) is 26.4 Å². The Hall–Kier alpha value is -3.55. The Morgan fingerprint density at radius 3 is 2.53 bits per heavy atom. The fourth-order valence-corrected chi connectivity index (χ4v) is 3.62. The average Bonchev–Trinajstić information content (AvgIpc) is 3.27. The molecule has 8 heteroatoms. The molecule has 0 radical (unpaired) electrons. The zero-order chi connectivity index (χ0) is 22.7. The van der Waals surface area contributed by atoms with Crippen LogP contribution in [0.15, 0.2) is 53.1 Å². The van der Waals surface area contributed by atoms with E-state index in [0.29, 0.717) is 30.5 Å². The number of likely N-dealkylation sites (tertiary alicyclic amines) is 1. The highest BCUT2D eigenvalue weighted by atomic mass is 19.1. The molecule has 0 saturated carbocycles. The lowest BCUT2D eigenvalue weighted by atomic mass is 9.96. The number of halogens is 2. The highest BCUT2D eigenvalue weighted by Crippen LogP contribution is 2.23. The number of esters is 1. The van der Waals surface area contributed by atoms with E-state index in [1.165, 1.54) is 11.2 Å². The normalized spacial score (nSPS) is 14.4. The van der Waals surface area contributed by atoms with Gasteiger partial charge in [-0.25, -0.2) is 13.8 Å². The number of piperidine rings is 1. The van der Waals surface area contributed by atoms with Crippen molar-refractivity contribution >= 4 is 11.9 Å². The molecule has 2 aromatic carbocycles. The van der Waals surface area contributed by atoms with Crippen LogP contribution in [0.25, 0.3) is 11.5 Å². The Balaban J connectivity index is 1.28. The average molecular weight is 440 g/mol. The molecule has 1 aliphatic heterocycles. The van der Waals surface area contributed by atoms with Crippen LogP contribution in [-0.4, -0.2) is 34.8 Å². The Bertz CT molecular complexity index is 1120. The van der Waals surface area contributed by atoms with Crippen LogP contribution in [0.5, 0.6) is 0 Å². The molecular formula is C24H22F2N2O4. The molecule has 0 N–H and O–H groups in total. The summed E-state index contributed by atoms with van der Waals surface area (Å²) in [6, 6.07) is 10.6. The van der Waals surface area contributed by atoms with Crippen LogP contribution >= 0.6 is 0 Å². The molecule has 0 spiro atoms. The molecular weight excluding hydrogens is 418 g/mol. The van der Waals surface area contributed by atoms with Crippen LogP contribution in [-0.2, 0) is 16.1 Å². The third-order valence-corrected chi connectivity index (χ3v) is 5.49. The summed E-state index contributed by atoms with van der Waals surface area (Å²) in [5.41, 5.74) is 2.30. The first-order valence-electron chi connectivity index (χ1n) is 10.3. The van der Waals surface area contributed by atoms with Gasteiger partial charge in [0.2, 0.25) is 5.89 Å². The summed E-state index contributed by atoms with van der Waals surface area (Å²) < 4.78 is 37.8. The van der Waals surface area contributed by atoms with E-state index in [0.717, 1.165) is 23.3 Å². The van der Waals surface area contributed by atoms with Crippen LogP contribution in [0.1, 0.15) is 34.5 Å². The molecule has 1 saturated heterocycles. The zero-order valence-corrected chi connectivity index (χ0v) is 17.5. The quantitative estimate of drug-likeness (QED) is 0.546. The van der Waals surface area contributed by atoms with Crippen molar-refractivity contribution in [1.29, 1.82) is 0 Å². The lowest BCUT2D eigenvalue weighted by molar-refractivity contribution is -0.151. The van der Waals surface area contributed by atoms with Crippen molar-refractivity contribution in [3.05, 3.63) is 77.2 Å². The number of nitrogens with zero attached hydrogens (tertiary/aromatic N) is 2. The van der Waals surface area contributed by atoms with Gasteiger partial charge in [0, 0.05) is 24.7 Å². The van der Waals surface area contributed by atoms with Crippen LogP contribution in [0.2, 0.25) is 0 Å². The molecule has 0 bridgehead atoms. The molecule has 0 atom stereocenters. The van der Waals surface area contributed by atoms with Crippen molar-refractivity contribution in [1.82, 2.24) is 9.88 Å². The van der Waals surface area contributed by atoms with Gasteiger partial charge in [-0.05, 0) is 44.0 Å². The van der Waals surface area contributed by atoms with E-state index in [-0.39, 0.29) is 37.1 Å². The number of amides is 1. The molecule has 3 aromatic rings. The summed E-state index contributed by atoms with van der Waals surface area (Å²) in [4.78, 5) is 30.7. The second kappa shape index (κ2) is 9.30. The standard InChI is InChI=1S/C24H22F2N2O4/c1-15-2-4-16(5-3-15)22-27-19(13-31-22)14-32-24(30)17-8-10-28(11-9-17)23(29)20-7-6-18(25)12-21(20)26/h2-7,12-13,17H,8-11,14H2,1H3. The summed E-state index contributed by atoms with van der Waals surface area (Å²) in [5, 5.41) is 0. The number of ether oxygens (including phenoxy) is 1. The van der Waals surface area contributed by atoms with E-state index in [4.69, 9.17) is 9.15 Å². The topological polar surface area (TPSA) is 72.6 Å². The molecule has 2 heterocycles. The number of benzene rings is 2. The van der Waals surface area contributed by atoms with Gasteiger partial charge in [0.05, 0.1) is 11.5 Å². The molecule has 32 heavy (non-hydrogen) atoms. The van der Waals surface area contributed by atoms with Gasteiger partial charge in [0.15, 0.2) is 0 Å². The number of rotatable bonds is 5. The number of carbonyl (C=O) groups excluding carboxylic acids is 2. The van der Waals surface area contributed by atoms with Gasteiger partial charge >= 0.3 is 5.97 Å². The van der Waals surface area contributed by atoms with Crippen LogP contribution in [0, 0.1) is 24.5 Å². The molecule has 1 fully saturated rings. The van der Waals surface area contributed by atoms with Crippen LogP contribution in [0.4, 0.5) is 8.78 Å². The number of aryl methyl sites for hydroxylation is 1.